The third-order valence-electron chi connectivity index (χ3n) is 3.83. The Bertz CT molecular complexity index is 788. The number of ether oxygens (including phenoxy) is 2. The van der Waals surface area contributed by atoms with Crippen molar-refractivity contribution in [1.29, 1.82) is 0 Å². The molecular weight excluding hydrogens is 479 g/mol. The summed E-state index contributed by atoms with van der Waals surface area (Å²) in [6.07, 6.45) is 0. The number of aryl methyl sites for hydroxylation is 2. The summed E-state index contributed by atoms with van der Waals surface area (Å²) in [7, 11) is 4.58. The summed E-state index contributed by atoms with van der Waals surface area (Å²) in [6, 6.07) is 5.39. The minimum atomic E-state index is -0.430. The number of halogens is 1. The predicted molar refractivity (Wildman–Crippen MR) is 118 cm³/mol. The Morgan fingerprint density at radius 1 is 1.22 bits per heavy atom. The normalized spacial score (nSPS) is 10.8. The fourth-order valence-corrected chi connectivity index (χ4v) is 3.19. The fourth-order valence-electron chi connectivity index (χ4n) is 2.32. The molecule has 0 bridgehead atoms. The van der Waals surface area contributed by atoms with Gasteiger partial charge >= 0.3 is 5.97 Å². The largest absolute Gasteiger partial charge is 0.496 e. The molecule has 0 aliphatic heterocycles. The topological polar surface area (TPSA) is 84.8 Å². The highest BCUT2D eigenvalue weighted by atomic mass is 127. The summed E-state index contributed by atoms with van der Waals surface area (Å²) >= 11 is 1.67. The number of methoxy groups -OCH3 is 2. The minimum Gasteiger partial charge on any atom is -0.496 e. The number of hydrogen-bond donors (Lipinski definition) is 2. The van der Waals surface area contributed by atoms with Crippen LogP contribution in [-0.2, 0) is 17.8 Å². The van der Waals surface area contributed by atoms with Crippen molar-refractivity contribution in [1.82, 2.24) is 15.6 Å². The van der Waals surface area contributed by atoms with Crippen molar-refractivity contribution in [2.24, 2.45) is 4.99 Å². The molecule has 0 saturated carbocycles. The molecule has 0 amide bonds. The van der Waals surface area contributed by atoms with E-state index >= 15 is 0 Å². The van der Waals surface area contributed by atoms with Crippen LogP contribution in [-0.4, -0.2) is 38.2 Å². The lowest BCUT2D eigenvalue weighted by molar-refractivity contribution is 0.0597. The molecule has 1 aromatic carbocycles. The Hall–Kier alpha value is -1.88. The first-order chi connectivity index (χ1) is 12.5. The molecule has 9 heteroatoms. The number of rotatable bonds is 6. The van der Waals surface area contributed by atoms with Gasteiger partial charge in [-0.05, 0) is 31.5 Å². The van der Waals surface area contributed by atoms with Crippen LogP contribution in [0.4, 0.5) is 0 Å². The molecule has 1 heterocycles. The van der Waals surface area contributed by atoms with Crippen LogP contribution in [0.25, 0.3) is 0 Å². The van der Waals surface area contributed by atoms with Crippen molar-refractivity contribution in [2.45, 2.75) is 26.9 Å². The molecule has 0 fully saturated rings. The number of nitrogens with zero attached hydrogens (tertiary/aromatic N) is 2. The zero-order valence-electron chi connectivity index (χ0n) is 16.1. The maximum absolute atomic E-state index is 11.9. The van der Waals surface area contributed by atoms with Crippen molar-refractivity contribution in [3.63, 3.8) is 0 Å². The van der Waals surface area contributed by atoms with E-state index in [2.05, 4.69) is 27.5 Å². The van der Waals surface area contributed by atoms with Crippen LogP contribution in [0.1, 0.15) is 31.5 Å². The van der Waals surface area contributed by atoms with Gasteiger partial charge in [0.2, 0.25) is 0 Å². The number of thiazole rings is 1. The van der Waals surface area contributed by atoms with Gasteiger partial charge in [0, 0.05) is 18.5 Å². The molecule has 0 unspecified atom stereocenters. The predicted octanol–water partition coefficient (Wildman–Crippen LogP) is 3.04. The van der Waals surface area contributed by atoms with E-state index in [4.69, 9.17) is 9.47 Å². The maximum atomic E-state index is 11.9. The van der Waals surface area contributed by atoms with Gasteiger partial charge in [-0.25, -0.2) is 9.78 Å². The lowest BCUT2D eigenvalue weighted by atomic mass is 10.1. The molecule has 0 spiro atoms. The van der Waals surface area contributed by atoms with Crippen LogP contribution in [0.3, 0.4) is 0 Å². The SMILES string of the molecule is CN=C(NCc1ccc(OC)c(C(=O)OC)c1)NCc1nc(C)c(C)s1.I. The summed E-state index contributed by atoms with van der Waals surface area (Å²) in [5, 5.41) is 7.47. The second kappa shape index (κ2) is 11.1. The van der Waals surface area contributed by atoms with Crippen LogP contribution < -0.4 is 15.4 Å². The van der Waals surface area contributed by atoms with Crippen molar-refractivity contribution in [3.8, 4) is 5.75 Å². The van der Waals surface area contributed by atoms with Gasteiger partial charge in [-0.1, -0.05) is 6.07 Å². The van der Waals surface area contributed by atoms with E-state index in [1.807, 2.05) is 13.0 Å². The third kappa shape index (κ3) is 6.35. The molecule has 2 aromatic rings. The van der Waals surface area contributed by atoms with Gasteiger partial charge in [0.05, 0.1) is 26.5 Å². The molecule has 7 nitrogen and oxygen atoms in total. The summed E-state index contributed by atoms with van der Waals surface area (Å²) in [4.78, 5) is 21.8. The van der Waals surface area contributed by atoms with Gasteiger partial charge in [-0.3, -0.25) is 4.99 Å². The summed E-state index contributed by atoms with van der Waals surface area (Å²) in [5.41, 5.74) is 2.37. The second-order valence-electron chi connectivity index (χ2n) is 5.55. The van der Waals surface area contributed by atoms with Gasteiger partial charge in [-0.2, -0.15) is 0 Å². The Labute approximate surface area is 180 Å². The number of carbonyl (C=O) groups excluding carboxylic acids is 1. The number of aromatic nitrogens is 1. The molecule has 0 radical (unpaired) electrons. The van der Waals surface area contributed by atoms with Crippen LogP contribution in [0.15, 0.2) is 23.2 Å². The molecular formula is C18H25IN4O3S. The van der Waals surface area contributed by atoms with Gasteiger partial charge in [0.25, 0.3) is 0 Å². The van der Waals surface area contributed by atoms with E-state index in [0.717, 1.165) is 16.3 Å². The van der Waals surface area contributed by atoms with E-state index in [1.54, 1.807) is 30.5 Å². The number of hydrogen-bond acceptors (Lipinski definition) is 6. The van der Waals surface area contributed by atoms with Crippen LogP contribution in [0, 0.1) is 13.8 Å². The smallest absolute Gasteiger partial charge is 0.341 e. The third-order valence-corrected chi connectivity index (χ3v) is 4.91. The zero-order valence-corrected chi connectivity index (χ0v) is 19.2. The van der Waals surface area contributed by atoms with Crippen molar-refractivity contribution in [3.05, 3.63) is 44.9 Å². The van der Waals surface area contributed by atoms with Gasteiger partial charge in [-0.15, -0.1) is 35.3 Å². The second-order valence-corrected chi connectivity index (χ2v) is 6.84. The summed E-state index contributed by atoms with van der Waals surface area (Å²) in [6.45, 7) is 5.18. The Morgan fingerprint density at radius 2 is 1.93 bits per heavy atom. The maximum Gasteiger partial charge on any atom is 0.341 e. The van der Waals surface area contributed by atoms with E-state index in [-0.39, 0.29) is 24.0 Å². The molecule has 0 atom stereocenters. The Morgan fingerprint density at radius 3 is 2.48 bits per heavy atom. The lowest BCUT2D eigenvalue weighted by Crippen LogP contribution is -2.36. The molecule has 0 aliphatic rings. The van der Waals surface area contributed by atoms with Crippen LogP contribution in [0.2, 0.25) is 0 Å². The first kappa shape index (κ1) is 23.2. The average molecular weight is 504 g/mol. The zero-order chi connectivity index (χ0) is 19.1. The fraction of sp³-hybridized carbons (Fsp3) is 0.389. The highest BCUT2D eigenvalue weighted by Crippen LogP contribution is 2.20. The van der Waals surface area contributed by atoms with E-state index in [1.165, 1.54) is 19.1 Å². The average Bonchev–Trinajstić information content (AvgIpc) is 2.98. The van der Waals surface area contributed by atoms with Crippen molar-refractivity contribution >= 4 is 47.2 Å². The van der Waals surface area contributed by atoms with Crippen LogP contribution in [0.5, 0.6) is 5.75 Å². The highest BCUT2D eigenvalue weighted by Gasteiger charge is 2.13. The van der Waals surface area contributed by atoms with Gasteiger partial charge < -0.3 is 20.1 Å². The number of aliphatic imine (C=N–C) groups is 1. The van der Waals surface area contributed by atoms with E-state index in [0.29, 0.717) is 30.4 Å². The quantitative estimate of drug-likeness (QED) is 0.272. The lowest BCUT2D eigenvalue weighted by Gasteiger charge is -2.13. The summed E-state index contributed by atoms with van der Waals surface area (Å²) in [5.74, 6) is 0.712. The molecule has 0 aliphatic carbocycles. The molecule has 148 valence electrons. The molecule has 2 rings (SSSR count). The minimum absolute atomic E-state index is 0. The Balaban J connectivity index is 0.00000364. The molecule has 1 aromatic heterocycles. The number of nitrogens with one attached hydrogen (secondary N) is 2. The highest BCUT2D eigenvalue weighted by molar-refractivity contribution is 14.0. The number of benzene rings is 1. The van der Waals surface area contributed by atoms with Crippen molar-refractivity contribution < 1.29 is 14.3 Å². The number of carbonyl (C=O) groups is 1. The molecule has 2 N–H and O–H groups in total. The number of esters is 1. The number of guanidine groups is 1. The summed E-state index contributed by atoms with van der Waals surface area (Å²) < 4.78 is 10.0. The Kier molecular flexibility index (Phi) is 9.50. The molecule has 27 heavy (non-hydrogen) atoms. The first-order valence-corrected chi connectivity index (χ1v) is 8.92. The van der Waals surface area contributed by atoms with Gasteiger partial charge in [0.1, 0.15) is 16.3 Å². The van der Waals surface area contributed by atoms with Crippen LogP contribution >= 0.6 is 35.3 Å². The van der Waals surface area contributed by atoms with E-state index < -0.39 is 5.97 Å². The van der Waals surface area contributed by atoms with Gasteiger partial charge in [0.15, 0.2) is 5.96 Å². The monoisotopic (exact) mass is 504 g/mol. The first-order valence-electron chi connectivity index (χ1n) is 8.11. The molecule has 0 saturated heterocycles. The standard InChI is InChI=1S/C18H24N4O3S.HI/c1-11-12(2)26-16(22-11)10-21-18(19-3)20-9-13-6-7-15(24-4)14(8-13)17(23)25-5;/h6-8H,9-10H2,1-5H3,(H2,19,20,21);1H. The van der Waals surface area contributed by atoms with Crippen molar-refractivity contribution in [2.75, 3.05) is 21.3 Å². The van der Waals surface area contributed by atoms with E-state index in [9.17, 15) is 4.79 Å².